The maximum atomic E-state index is 12.5. The average Bonchev–Trinajstić information content (AvgIpc) is 2.92. The van der Waals surface area contributed by atoms with Gasteiger partial charge < -0.3 is 14.7 Å². The average molecular weight is 331 g/mol. The topological polar surface area (TPSA) is 49.8 Å². The fraction of sp³-hybridized carbons (Fsp3) is 0.550. The molecule has 4 heteroatoms. The van der Waals surface area contributed by atoms with Gasteiger partial charge >= 0.3 is 0 Å². The van der Waals surface area contributed by atoms with Crippen molar-refractivity contribution in [2.75, 3.05) is 13.7 Å². The number of amides is 1. The third-order valence-corrected chi connectivity index (χ3v) is 4.69. The standard InChI is InChI=1S/C20H29NO3/c1-3-4-5-6-10-13-17-19(24-2)14-20(23)21(17)18(15-22)16-11-8-7-9-12-16/h7-9,11-12,14,17-18,22H,3-6,10,13,15H2,1-2H3/t17-,18+/m0/s1. The van der Waals surface area contributed by atoms with Crippen molar-refractivity contribution < 1.29 is 14.6 Å². The van der Waals surface area contributed by atoms with Crippen LogP contribution in [0.15, 0.2) is 42.2 Å². The molecule has 0 saturated heterocycles. The van der Waals surface area contributed by atoms with Crippen LogP contribution in [0.3, 0.4) is 0 Å². The molecule has 0 bridgehead atoms. The first kappa shape index (κ1) is 18.5. The second-order valence-electron chi connectivity index (χ2n) is 6.32. The molecule has 2 rings (SSSR count). The Labute approximate surface area is 145 Å². The summed E-state index contributed by atoms with van der Waals surface area (Å²) in [4.78, 5) is 14.3. The van der Waals surface area contributed by atoms with Crippen molar-refractivity contribution in [2.45, 2.75) is 57.5 Å². The summed E-state index contributed by atoms with van der Waals surface area (Å²) in [6.45, 7) is 2.11. The van der Waals surface area contributed by atoms with Crippen molar-refractivity contribution in [1.82, 2.24) is 4.90 Å². The summed E-state index contributed by atoms with van der Waals surface area (Å²) < 4.78 is 5.45. The van der Waals surface area contributed by atoms with Gasteiger partial charge in [-0.15, -0.1) is 0 Å². The highest BCUT2D eigenvalue weighted by molar-refractivity contribution is 5.91. The van der Waals surface area contributed by atoms with E-state index in [4.69, 9.17) is 4.74 Å². The van der Waals surface area contributed by atoms with Gasteiger partial charge in [0.1, 0.15) is 5.76 Å². The number of benzene rings is 1. The molecule has 1 N–H and O–H groups in total. The predicted octanol–water partition coefficient (Wildman–Crippen LogP) is 3.82. The van der Waals surface area contributed by atoms with Crippen molar-refractivity contribution >= 4 is 5.91 Å². The van der Waals surface area contributed by atoms with Crippen LogP contribution in [-0.4, -0.2) is 35.7 Å². The number of carbonyl (C=O) groups is 1. The summed E-state index contributed by atoms with van der Waals surface area (Å²) in [6, 6.07) is 9.30. The van der Waals surface area contributed by atoms with Gasteiger partial charge in [0.2, 0.25) is 0 Å². The molecule has 0 aromatic heterocycles. The van der Waals surface area contributed by atoms with E-state index in [1.807, 2.05) is 30.3 Å². The van der Waals surface area contributed by atoms with E-state index < -0.39 is 0 Å². The second kappa shape index (κ2) is 9.48. The van der Waals surface area contributed by atoms with Gasteiger partial charge in [0, 0.05) is 6.08 Å². The molecule has 132 valence electrons. The summed E-state index contributed by atoms with van der Waals surface area (Å²) in [6.07, 6.45) is 8.37. The number of unbranched alkanes of at least 4 members (excludes halogenated alkanes) is 4. The van der Waals surface area contributed by atoms with Crippen LogP contribution >= 0.6 is 0 Å². The number of carbonyl (C=O) groups excluding carboxylic acids is 1. The molecule has 0 aliphatic carbocycles. The van der Waals surface area contributed by atoms with E-state index in [0.717, 1.165) is 18.4 Å². The smallest absolute Gasteiger partial charge is 0.251 e. The molecule has 1 heterocycles. The summed E-state index contributed by atoms with van der Waals surface area (Å²) in [5.74, 6) is 0.637. The van der Waals surface area contributed by atoms with Crippen LogP contribution in [0, 0.1) is 0 Å². The normalized spacial score (nSPS) is 18.6. The lowest BCUT2D eigenvalue weighted by Crippen LogP contribution is -2.40. The number of aliphatic hydroxyl groups excluding tert-OH is 1. The molecule has 4 nitrogen and oxygen atoms in total. The summed E-state index contributed by atoms with van der Waals surface area (Å²) in [7, 11) is 1.61. The van der Waals surface area contributed by atoms with E-state index in [9.17, 15) is 9.90 Å². The number of hydrogen-bond acceptors (Lipinski definition) is 3. The minimum atomic E-state index is -0.330. The number of methoxy groups -OCH3 is 1. The lowest BCUT2D eigenvalue weighted by atomic mass is 10.0. The molecular formula is C20H29NO3. The Morgan fingerprint density at radius 2 is 1.88 bits per heavy atom. The molecular weight excluding hydrogens is 302 g/mol. The molecule has 1 amide bonds. The SMILES string of the molecule is CCCCCCC[C@H]1C(OC)=CC(=O)N1[C@H](CO)c1ccccc1. The number of rotatable bonds is 10. The van der Waals surface area contributed by atoms with Crippen molar-refractivity contribution in [2.24, 2.45) is 0 Å². The number of nitrogens with zero attached hydrogens (tertiary/aromatic N) is 1. The van der Waals surface area contributed by atoms with Gasteiger partial charge in [0.05, 0.1) is 25.8 Å². The third-order valence-electron chi connectivity index (χ3n) is 4.69. The molecule has 1 aromatic rings. The van der Waals surface area contributed by atoms with Crippen LogP contribution in [0.5, 0.6) is 0 Å². The lowest BCUT2D eigenvalue weighted by molar-refractivity contribution is -0.130. The van der Waals surface area contributed by atoms with Crippen molar-refractivity contribution in [1.29, 1.82) is 0 Å². The Morgan fingerprint density at radius 1 is 1.17 bits per heavy atom. The molecule has 1 aliphatic rings. The van der Waals surface area contributed by atoms with E-state index in [2.05, 4.69) is 6.92 Å². The fourth-order valence-electron chi connectivity index (χ4n) is 3.40. The van der Waals surface area contributed by atoms with Gasteiger partial charge in [-0.05, 0) is 12.0 Å². The third kappa shape index (κ3) is 4.38. The van der Waals surface area contributed by atoms with Gasteiger partial charge in [-0.3, -0.25) is 4.79 Å². The zero-order valence-electron chi connectivity index (χ0n) is 14.8. The summed E-state index contributed by atoms with van der Waals surface area (Å²) >= 11 is 0. The Balaban J connectivity index is 2.11. The highest BCUT2D eigenvalue weighted by Gasteiger charge is 2.38. The van der Waals surface area contributed by atoms with E-state index in [0.29, 0.717) is 5.76 Å². The van der Waals surface area contributed by atoms with Crippen LogP contribution in [0.1, 0.15) is 57.1 Å². The van der Waals surface area contributed by atoms with E-state index in [1.54, 1.807) is 18.1 Å². The predicted molar refractivity (Wildman–Crippen MR) is 95.4 cm³/mol. The van der Waals surface area contributed by atoms with Gasteiger partial charge in [-0.1, -0.05) is 69.4 Å². The molecule has 2 atom stereocenters. The summed E-state index contributed by atoms with van der Waals surface area (Å²) in [5, 5.41) is 9.92. The van der Waals surface area contributed by atoms with Gasteiger partial charge in [-0.25, -0.2) is 0 Å². The van der Waals surface area contributed by atoms with Crippen LogP contribution in [-0.2, 0) is 9.53 Å². The Morgan fingerprint density at radius 3 is 2.50 bits per heavy atom. The lowest BCUT2D eigenvalue weighted by Gasteiger charge is -2.33. The van der Waals surface area contributed by atoms with E-state index >= 15 is 0 Å². The molecule has 0 radical (unpaired) electrons. The first-order chi connectivity index (χ1) is 11.7. The Hall–Kier alpha value is -1.81. The minimum Gasteiger partial charge on any atom is -0.499 e. The molecule has 0 saturated carbocycles. The maximum Gasteiger partial charge on any atom is 0.251 e. The van der Waals surface area contributed by atoms with Gasteiger partial charge in [0.25, 0.3) is 5.91 Å². The number of hydrogen-bond donors (Lipinski definition) is 1. The van der Waals surface area contributed by atoms with Crippen molar-refractivity contribution in [3.05, 3.63) is 47.7 Å². The van der Waals surface area contributed by atoms with Crippen LogP contribution in [0.25, 0.3) is 0 Å². The first-order valence-corrected chi connectivity index (χ1v) is 8.96. The maximum absolute atomic E-state index is 12.5. The monoisotopic (exact) mass is 331 g/mol. The highest BCUT2D eigenvalue weighted by atomic mass is 16.5. The van der Waals surface area contributed by atoms with Crippen LogP contribution in [0.4, 0.5) is 0 Å². The largest absolute Gasteiger partial charge is 0.499 e. The molecule has 0 fully saturated rings. The molecule has 1 aliphatic heterocycles. The van der Waals surface area contributed by atoms with Gasteiger partial charge in [0.15, 0.2) is 0 Å². The van der Waals surface area contributed by atoms with Crippen LogP contribution < -0.4 is 0 Å². The van der Waals surface area contributed by atoms with Crippen molar-refractivity contribution in [3.8, 4) is 0 Å². The molecule has 1 aromatic carbocycles. The Kier molecular flexibility index (Phi) is 7.32. The number of aliphatic hydroxyl groups is 1. The quantitative estimate of drug-likeness (QED) is 0.663. The molecule has 24 heavy (non-hydrogen) atoms. The Bertz CT molecular complexity index is 541. The minimum absolute atomic E-state index is 0.0756. The van der Waals surface area contributed by atoms with Gasteiger partial charge in [-0.2, -0.15) is 0 Å². The second-order valence-corrected chi connectivity index (χ2v) is 6.32. The van der Waals surface area contributed by atoms with Crippen molar-refractivity contribution in [3.63, 3.8) is 0 Å². The van der Waals surface area contributed by atoms with Crippen LogP contribution in [0.2, 0.25) is 0 Å². The zero-order valence-corrected chi connectivity index (χ0v) is 14.8. The highest BCUT2D eigenvalue weighted by Crippen LogP contribution is 2.33. The first-order valence-electron chi connectivity index (χ1n) is 8.96. The molecule has 0 spiro atoms. The summed E-state index contributed by atoms with van der Waals surface area (Å²) in [5.41, 5.74) is 0.954. The zero-order chi connectivity index (χ0) is 17.4. The van der Waals surface area contributed by atoms with E-state index in [-0.39, 0.29) is 24.6 Å². The van der Waals surface area contributed by atoms with E-state index in [1.165, 1.54) is 25.7 Å². The molecule has 0 unspecified atom stereocenters. The fourth-order valence-corrected chi connectivity index (χ4v) is 3.40. The number of ether oxygens (including phenoxy) is 1.